The Morgan fingerprint density at radius 2 is 1.71 bits per heavy atom. The monoisotopic (exact) mass is 246 g/mol. The van der Waals surface area contributed by atoms with Crippen molar-refractivity contribution >= 4 is 11.8 Å². The Morgan fingerprint density at radius 1 is 1.00 bits per heavy atom. The average Bonchev–Trinajstić information content (AvgIpc) is 2.36. The Labute approximate surface area is 106 Å². The van der Waals surface area contributed by atoms with E-state index in [0.717, 1.165) is 16.2 Å². The molecule has 0 aliphatic rings. The molecule has 0 aliphatic heterocycles. The zero-order valence-corrected chi connectivity index (χ0v) is 10.9. The van der Waals surface area contributed by atoms with Crippen LogP contribution in [0, 0.1) is 19.7 Å². The van der Waals surface area contributed by atoms with Crippen LogP contribution in [0.2, 0.25) is 0 Å². The van der Waals surface area contributed by atoms with Gasteiger partial charge in [0, 0.05) is 10.6 Å². The second kappa shape index (κ2) is 5.37. The number of thioether (sulfide) groups is 1. The molecule has 0 amide bonds. The van der Waals surface area contributed by atoms with E-state index in [-0.39, 0.29) is 5.82 Å². The molecule has 0 fully saturated rings. The van der Waals surface area contributed by atoms with Crippen molar-refractivity contribution in [3.8, 4) is 0 Å². The third kappa shape index (κ3) is 2.89. The standard InChI is InChI=1S/C15H15FS/c1-11-8-9-14(12(2)15(11)16)17-10-13-6-4-3-5-7-13/h3-9H,10H2,1-2H3. The van der Waals surface area contributed by atoms with Crippen molar-refractivity contribution in [1.82, 2.24) is 0 Å². The molecular weight excluding hydrogens is 231 g/mol. The van der Waals surface area contributed by atoms with Gasteiger partial charge in [-0.2, -0.15) is 0 Å². The quantitative estimate of drug-likeness (QED) is 0.705. The first-order chi connectivity index (χ1) is 8.18. The van der Waals surface area contributed by atoms with Crippen molar-refractivity contribution in [2.75, 3.05) is 0 Å². The van der Waals surface area contributed by atoms with Crippen molar-refractivity contribution in [3.05, 3.63) is 65.0 Å². The van der Waals surface area contributed by atoms with E-state index in [2.05, 4.69) is 12.1 Å². The zero-order valence-electron chi connectivity index (χ0n) is 10.0. The number of hydrogen-bond donors (Lipinski definition) is 0. The van der Waals surface area contributed by atoms with Gasteiger partial charge in [-0.05, 0) is 36.6 Å². The summed E-state index contributed by atoms with van der Waals surface area (Å²) >= 11 is 1.68. The molecule has 17 heavy (non-hydrogen) atoms. The Kier molecular flexibility index (Phi) is 3.85. The van der Waals surface area contributed by atoms with Gasteiger partial charge in [-0.25, -0.2) is 4.39 Å². The van der Waals surface area contributed by atoms with E-state index in [4.69, 9.17) is 0 Å². The van der Waals surface area contributed by atoms with Crippen LogP contribution in [0.3, 0.4) is 0 Å². The van der Waals surface area contributed by atoms with Crippen molar-refractivity contribution < 1.29 is 4.39 Å². The summed E-state index contributed by atoms with van der Waals surface area (Å²) in [6.07, 6.45) is 0. The lowest BCUT2D eigenvalue weighted by Crippen LogP contribution is -1.90. The third-order valence-corrected chi connectivity index (χ3v) is 4.00. The summed E-state index contributed by atoms with van der Waals surface area (Å²) in [5.74, 6) is 0.799. The Hall–Kier alpha value is -1.28. The van der Waals surface area contributed by atoms with E-state index in [1.807, 2.05) is 37.3 Å². The molecule has 0 nitrogen and oxygen atoms in total. The SMILES string of the molecule is Cc1ccc(SCc2ccccc2)c(C)c1F. The van der Waals surface area contributed by atoms with Crippen LogP contribution in [0.1, 0.15) is 16.7 Å². The van der Waals surface area contributed by atoms with E-state index in [1.54, 1.807) is 18.7 Å². The van der Waals surface area contributed by atoms with Crippen molar-refractivity contribution in [2.24, 2.45) is 0 Å². The molecule has 0 saturated carbocycles. The van der Waals surface area contributed by atoms with Gasteiger partial charge in [0.2, 0.25) is 0 Å². The summed E-state index contributed by atoms with van der Waals surface area (Å²) in [6, 6.07) is 14.1. The first kappa shape index (κ1) is 12.2. The Morgan fingerprint density at radius 3 is 2.41 bits per heavy atom. The molecule has 0 aromatic heterocycles. The van der Waals surface area contributed by atoms with Crippen LogP contribution in [-0.4, -0.2) is 0 Å². The van der Waals surface area contributed by atoms with Crippen LogP contribution in [0.25, 0.3) is 0 Å². The summed E-state index contributed by atoms with van der Waals surface area (Å²) in [4.78, 5) is 1.02. The summed E-state index contributed by atoms with van der Waals surface area (Å²) in [7, 11) is 0. The molecule has 0 aliphatic carbocycles. The van der Waals surface area contributed by atoms with Gasteiger partial charge in [0.05, 0.1) is 0 Å². The fourth-order valence-corrected chi connectivity index (χ4v) is 2.68. The normalized spacial score (nSPS) is 10.5. The highest BCUT2D eigenvalue weighted by molar-refractivity contribution is 7.98. The Bertz CT molecular complexity index is 506. The second-order valence-corrected chi connectivity index (χ2v) is 5.11. The predicted molar refractivity (Wildman–Crippen MR) is 71.9 cm³/mol. The maximum absolute atomic E-state index is 13.7. The van der Waals surface area contributed by atoms with Crippen LogP contribution in [0.4, 0.5) is 4.39 Å². The molecule has 0 spiro atoms. The lowest BCUT2D eigenvalue weighted by molar-refractivity contribution is 0.604. The van der Waals surface area contributed by atoms with Crippen LogP contribution in [0.15, 0.2) is 47.4 Å². The first-order valence-electron chi connectivity index (χ1n) is 5.61. The molecule has 0 radical (unpaired) electrons. The molecule has 0 heterocycles. The van der Waals surface area contributed by atoms with Crippen molar-refractivity contribution in [3.63, 3.8) is 0 Å². The van der Waals surface area contributed by atoms with Gasteiger partial charge in [-0.3, -0.25) is 0 Å². The minimum Gasteiger partial charge on any atom is -0.206 e. The summed E-state index contributed by atoms with van der Waals surface area (Å²) < 4.78 is 13.7. The topological polar surface area (TPSA) is 0 Å². The molecule has 0 atom stereocenters. The average molecular weight is 246 g/mol. The van der Waals surface area contributed by atoms with E-state index in [1.165, 1.54) is 5.56 Å². The van der Waals surface area contributed by atoms with Crippen LogP contribution >= 0.6 is 11.8 Å². The minimum atomic E-state index is -0.0805. The van der Waals surface area contributed by atoms with Gasteiger partial charge in [0.15, 0.2) is 0 Å². The van der Waals surface area contributed by atoms with Crippen molar-refractivity contribution in [2.45, 2.75) is 24.5 Å². The molecule has 2 aromatic rings. The van der Waals surface area contributed by atoms with Crippen LogP contribution in [0.5, 0.6) is 0 Å². The van der Waals surface area contributed by atoms with Gasteiger partial charge in [-0.1, -0.05) is 36.4 Å². The van der Waals surface area contributed by atoms with Gasteiger partial charge in [0.1, 0.15) is 5.82 Å². The maximum Gasteiger partial charge on any atom is 0.130 e. The molecule has 0 N–H and O–H groups in total. The minimum absolute atomic E-state index is 0.0805. The highest BCUT2D eigenvalue weighted by Crippen LogP contribution is 2.28. The van der Waals surface area contributed by atoms with Gasteiger partial charge >= 0.3 is 0 Å². The van der Waals surface area contributed by atoms with E-state index < -0.39 is 0 Å². The number of halogens is 1. The van der Waals surface area contributed by atoms with Crippen LogP contribution < -0.4 is 0 Å². The smallest absolute Gasteiger partial charge is 0.130 e. The molecule has 2 heteroatoms. The highest BCUT2D eigenvalue weighted by atomic mass is 32.2. The number of hydrogen-bond acceptors (Lipinski definition) is 1. The lowest BCUT2D eigenvalue weighted by atomic mass is 10.1. The van der Waals surface area contributed by atoms with E-state index in [9.17, 15) is 4.39 Å². The maximum atomic E-state index is 13.7. The predicted octanol–water partition coefficient (Wildman–Crippen LogP) is 4.73. The molecular formula is C15H15FS. The van der Waals surface area contributed by atoms with Crippen LogP contribution in [-0.2, 0) is 5.75 Å². The molecule has 2 aromatic carbocycles. The molecule has 0 unspecified atom stereocenters. The molecule has 0 bridgehead atoms. The van der Waals surface area contributed by atoms with Gasteiger partial charge in [0.25, 0.3) is 0 Å². The second-order valence-electron chi connectivity index (χ2n) is 4.09. The van der Waals surface area contributed by atoms with E-state index >= 15 is 0 Å². The molecule has 0 saturated heterocycles. The summed E-state index contributed by atoms with van der Waals surface area (Å²) in [5, 5.41) is 0. The summed E-state index contributed by atoms with van der Waals surface area (Å²) in [5.41, 5.74) is 2.73. The number of aryl methyl sites for hydroxylation is 1. The number of rotatable bonds is 3. The Balaban J connectivity index is 2.13. The first-order valence-corrected chi connectivity index (χ1v) is 6.59. The fourth-order valence-electron chi connectivity index (χ4n) is 1.69. The summed E-state index contributed by atoms with van der Waals surface area (Å²) in [6.45, 7) is 3.64. The molecule has 88 valence electrons. The fraction of sp³-hybridized carbons (Fsp3) is 0.200. The third-order valence-electron chi connectivity index (χ3n) is 2.77. The zero-order chi connectivity index (χ0) is 12.3. The lowest BCUT2D eigenvalue weighted by Gasteiger charge is -2.08. The molecule has 2 rings (SSSR count). The number of benzene rings is 2. The van der Waals surface area contributed by atoms with Gasteiger partial charge in [-0.15, -0.1) is 11.8 Å². The van der Waals surface area contributed by atoms with Gasteiger partial charge < -0.3 is 0 Å². The largest absolute Gasteiger partial charge is 0.206 e. The van der Waals surface area contributed by atoms with Crippen molar-refractivity contribution in [1.29, 1.82) is 0 Å². The highest BCUT2D eigenvalue weighted by Gasteiger charge is 2.07. The van der Waals surface area contributed by atoms with E-state index in [0.29, 0.717) is 5.56 Å².